The molecular weight excluding hydrogens is 122 g/mol. The van der Waals surface area contributed by atoms with Gasteiger partial charge < -0.3 is 0 Å². The van der Waals surface area contributed by atoms with Crippen LogP contribution in [0.3, 0.4) is 0 Å². The molecule has 8 heavy (non-hydrogen) atoms. The summed E-state index contributed by atoms with van der Waals surface area (Å²) in [6.07, 6.45) is 1.49. The predicted molar refractivity (Wildman–Crippen MR) is 34.0 cm³/mol. The largest absolute Gasteiger partial charge is 0.260 e. The van der Waals surface area contributed by atoms with Gasteiger partial charge in [0, 0.05) is 11.9 Å². The Labute approximate surface area is 54.7 Å². The summed E-state index contributed by atoms with van der Waals surface area (Å²) < 4.78 is 7.19. The van der Waals surface area contributed by atoms with E-state index in [-0.39, 0.29) is 0 Å². The summed E-state index contributed by atoms with van der Waals surface area (Å²) in [5, 5.41) is 0.403. The Hall–Kier alpha value is -0.560. The van der Waals surface area contributed by atoms with E-state index < -0.39 is 0 Å². The Bertz CT molecular complexity index is 224. The first-order chi connectivity index (χ1) is 4.20. The van der Waals surface area contributed by atoms with Gasteiger partial charge in [0.15, 0.2) is 0 Å². The van der Waals surface area contributed by atoms with Crippen molar-refractivity contribution in [1.82, 2.24) is 4.98 Å². The lowest BCUT2D eigenvalue weighted by molar-refractivity contribution is 1.20. The van der Waals surface area contributed by atoms with Crippen molar-refractivity contribution in [2.45, 2.75) is 6.92 Å². The molecule has 0 bridgehead atoms. The topological polar surface area (TPSA) is 12.9 Å². The molecule has 0 aliphatic rings. The van der Waals surface area contributed by atoms with E-state index in [1.807, 2.05) is 6.92 Å². The van der Waals surface area contributed by atoms with Gasteiger partial charge >= 0.3 is 0 Å². The maximum absolute atomic E-state index is 7.19. The summed E-state index contributed by atoms with van der Waals surface area (Å²) in [6.45, 7) is 1.83. The quantitative estimate of drug-likeness (QED) is 0.521. The van der Waals surface area contributed by atoms with Gasteiger partial charge in [-0.1, -0.05) is 11.6 Å². The number of nitrogens with zero attached hydrogens (tertiary/aromatic N) is 1. The molecule has 0 unspecified atom stereocenters. The molecule has 1 aromatic heterocycles. The first kappa shape index (κ1) is 4.33. The minimum atomic E-state index is 0.337. The number of halogens is 1. The zero-order valence-electron chi connectivity index (χ0n) is 5.48. The van der Waals surface area contributed by atoms with Crippen LogP contribution in [0.15, 0.2) is 18.3 Å². The molecular formula is C6H6ClN. The standard InChI is InChI=1S/C6H6ClN/c1-5-2-3-6(7)4-8-5/h2-4H,1H3/i3D. The smallest absolute Gasteiger partial charge is 0.0640 e. The van der Waals surface area contributed by atoms with Crippen molar-refractivity contribution >= 4 is 11.6 Å². The molecule has 0 saturated heterocycles. The first-order valence-corrected chi connectivity index (χ1v) is 2.66. The average molecular weight is 129 g/mol. The van der Waals surface area contributed by atoms with Crippen LogP contribution in [0.5, 0.6) is 0 Å². The third-order valence-corrected chi connectivity index (χ3v) is 1.01. The van der Waals surface area contributed by atoms with Crippen molar-refractivity contribution in [3.05, 3.63) is 29.0 Å². The van der Waals surface area contributed by atoms with Crippen LogP contribution in [0.4, 0.5) is 0 Å². The molecule has 0 saturated carbocycles. The van der Waals surface area contributed by atoms with E-state index in [0.29, 0.717) is 11.1 Å². The lowest BCUT2D eigenvalue weighted by Gasteiger charge is -1.87. The lowest BCUT2D eigenvalue weighted by atomic mass is 10.4. The van der Waals surface area contributed by atoms with Crippen molar-refractivity contribution < 1.29 is 1.37 Å². The summed E-state index contributed by atoms with van der Waals surface area (Å²) in [4.78, 5) is 3.89. The molecule has 2 heteroatoms. The van der Waals surface area contributed by atoms with Gasteiger partial charge in [-0.2, -0.15) is 0 Å². The molecule has 0 aromatic carbocycles. The van der Waals surface area contributed by atoms with Crippen molar-refractivity contribution in [3.8, 4) is 0 Å². The molecule has 0 aliphatic carbocycles. The van der Waals surface area contributed by atoms with Crippen molar-refractivity contribution in [3.63, 3.8) is 0 Å². The van der Waals surface area contributed by atoms with Crippen LogP contribution >= 0.6 is 11.6 Å². The minimum Gasteiger partial charge on any atom is -0.260 e. The SMILES string of the molecule is [2H]c1cc(C)ncc1Cl. The Morgan fingerprint density at radius 1 is 1.88 bits per heavy atom. The van der Waals surface area contributed by atoms with Gasteiger partial charge in [-0.15, -0.1) is 0 Å². The fourth-order valence-corrected chi connectivity index (χ4v) is 0.510. The second-order valence-electron chi connectivity index (χ2n) is 1.54. The second kappa shape index (κ2) is 2.14. The minimum absolute atomic E-state index is 0.337. The average Bonchev–Trinajstić information content (AvgIpc) is 1.80. The molecule has 0 radical (unpaired) electrons. The summed E-state index contributed by atoms with van der Waals surface area (Å²) in [7, 11) is 0. The summed E-state index contributed by atoms with van der Waals surface area (Å²) in [6, 6.07) is 1.96. The highest BCUT2D eigenvalue weighted by molar-refractivity contribution is 6.30. The van der Waals surface area contributed by atoms with Gasteiger partial charge in [-0.3, -0.25) is 4.98 Å². The molecule has 0 fully saturated rings. The van der Waals surface area contributed by atoms with Crippen molar-refractivity contribution in [2.75, 3.05) is 0 Å². The maximum Gasteiger partial charge on any atom is 0.0640 e. The number of hydrogen-bond acceptors (Lipinski definition) is 1. The number of pyridine rings is 1. The zero-order chi connectivity index (χ0) is 6.85. The number of hydrogen-bond donors (Lipinski definition) is 0. The summed E-state index contributed by atoms with van der Waals surface area (Å²) in [5.74, 6) is 0. The van der Waals surface area contributed by atoms with Gasteiger partial charge in [-0.05, 0) is 19.0 Å². The maximum atomic E-state index is 7.19. The fraction of sp³-hybridized carbons (Fsp3) is 0.167. The summed E-state index contributed by atoms with van der Waals surface area (Å²) >= 11 is 5.53. The fourth-order valence-electron chi connectivity index (χ4n) is 0.406. The zero-order valence-corrected chi connectivity index (χ0v) is 5.24. The Balaban J connectivity index is 3.17. The van der Waals surface area contributed by atoms with Gasteiger partial charge in [0.1, 0.15) is 0 Å². The number of rotatable bonds is 0. The third-order valence-electron chi connectivity index (χ3n) is 0.800. The Morgan fingerprint density at radius 2 is 2.62 bits per heavy atom. The van der Waals surface area contributed by atoms with Crippen LogP contribution in [0.2, 0.25) is 5.02 Å². The van der Waals surface area contributed by atoms with Crippen LogP contribution in [-0.4, -0.2) is 4.98 Å². The van der Waals surface area contributed by atoms with Crippen LogP contribution < -0.4 is 0 Å². The molecule has 1 aromatic rings. The molecule has 42 valence electrons. The van der Waals surface area contributed by atoms with Crippen LogP contribution in [0.25, 0.3) is 0 Å². The normalized spacial score (nSPS) is 11.0. The second-order valence-corrected chi connectivity index (χ2v) is 1.94. The van der Waals surface area contributed by atoms with Crippen LogP contribution in [0, 0.1) is 6.92 Å². The third kappa shape index (κ3) is 1.20. The van der Waals surface area contributed by atoms with E-state index in [1.54, 1.807) is 6.07 Å². The van der Waals surface area contributed by atoms with Gasteiger partial charge in [0.05, 0.1) is 6.39 Å². The summed E-state index contributed by atoms with van der Waals surface area (Å²) in [5.41, 5.74) is 0.824. The first-order valence-electron chi connectivity index (χ1n) is 2.79. The van der Waals surface area contributed by atoms with E-state index in [9.17, 15) is 0 Å². The van der Waals surface area contributed by atoms with Crippen molar-refractivity contribution in [1.29, 1.82) is 0 Å². The highest BCUT2D eigenvalue weighted by atomic mass is 35.5. The molecule has 0 atom stereocenters. The highest BCUT2D eigenvalue weighted by Crippen LogP contribution is 2.04. The van der Waals surface area contributed by atoms with Crippen LogP contribution in [0.1, 0.15) is 7.06 Å². The van der Waals surface area contributed by atoms with Crippen molar-refractivity contribution in [2.24, 2.45) is 0 Å². The number of aryl methyl sites for hydroxylation is 1. The molecule has 0 amide bonds. The van der Waals surface area contributed by atoms with E-state index in [1.165, 1.54) is 6.20 Å². The number of aromatic nitrogens is 1. The Kier molecular flexibility index (Phi) is 1.16. The van der Waals surface area contributed by atoms with Crippen LogP contribution in [-0.2, 0) is 0 Å². The molecule has 0 N–H and O–H groups in total. The van der Waals surface area contributed by atoms with E-state index in [0.717, 1.165) is 5.69 Å². The molecule has 1 heterocycles. The monoisotopic (exact) mass is 128 g/mol. The molecule has 0 spiro atoms. The van der Waals surface area contributed by atoms with Gasteiger partial charge in [0.25, 0.3) is 0 Å². The lowest BCUT2D eigenvalue weighted by Crippen LogP contribution is -1.75. The predicted octanol–water partition coefficient (Wildman–Crippen LogP) is 2.04. The Morgan fingerprint density at radius 3 is 3.12 bits per heavy atom. The van der Waals surface area contributed by atoms with E-state index >= 15 is 0 Å². The molecule has 1 nitrogen and oxygen atoms in total. The molecule has 0 aliphatic heterocycles. The van der Waals surface area contributed by atoms with Gasteiger partial charge in [-0.25, -0.2) is 0 Å². The highest BCUT2D eigenvalue weighted by Gasteiger charge is 1.83. The van der Waals surface area contributed by atoms with E-state index in [4.69, 9.17) is 13.0 Å². The van der Waals surface area contributed by atoms with E-state index in [2.05, 4.69) is 4.98 Å². The molecule has 1 rings (SSSR count). The van der Waals surface area contributed by atoms with Gasteiger partial charge in [0.2, 0.25) is 0 Å².